The molecule has 0 amide bonds. The number of aromatic amines is 1. The molecular weight excluding hydrogens is 306 g/mol. The lowest BCUT2D eigenvalue weighted by Gasteiger charge is -2.02. The summed E-state index contributed by atoms with van der Waals surface area (Å²) in [5, 5.41) is 11.9. The topological polar surface area (TPSA) is 58.9 Å². The van der Waals surface area contributed by atoms with E-state index in [1.54, 1.807) is 24.7 Å². The van der Waals surface area contributed by atoms with Crippen molar-refractivity contribution in [3.63, 3.8) is 0 Å². The fourth-order valence-electron chi connectivity index (χ4n) is 1.79. The summed E-state index contributed by atoms with van der Waals surface area (Å²) in [6.45, 7) is 0. The van der Waals surface area contributed by atoms with Gasteiger partial charge in [0.15, 0.2) is 5.82 Å². The number of aromatic nitrogens is 4. The van der Waals surface area contributed by atoms with Gasteiger partial charge in [-0.3, -0.25) is 4.98 Å². The van der Waals surface area contributed by atoms with Crippen LogP contribution in [0.4, 0.5) is 0 Å². The van der Waals surface area contributed by atoms with Gasteiger partial charge in [-0.1, -0.05) is 29.8 Å². The molecule has 3 aromatic rings. The first-order chi connectivity index (χ1) is 10.3. The zero-order chi connectivity index (χ0) is 14.7. The van der Waals surface area contributed by atoms with E-state index in [9.17, 15) is 0 Å². The van der Waals surface area contributed by atoms with E-state index >= 15 is 0 Å². The number of H-pyrrole nitrogens is 1. The molecule has 0 radical (unpaired) electrons. The van der Waals surface area contributed by atoms with Gasteiger partial charge >= 0.3 is 0 Å². The van der Waals surface area contributed by atoms with Gasteiger partial charge < -0.3 is 0 Å². The van der Waals surface area contributed by atoms with Crippen molar-refractivity contribution in [3.05, 3.63) is 64.1 Å². The van der Waals surface area contributed by atoms with Crippen LogP contribution in [0.25, 0.3) is 11.4 Å². The Balaban J connectivity index is 2.05. The Morgan fingerprint density at radius 3 is 2.86 bits per heavy atom. The van der Waals surface area contributed by atoms with Crippen LogP contribution in [0.15, 0.2) is 53.9 Å². The fourth-order valence-corrected chi connectivity index (χ4v) is 2.19. The van der Waals surface area contributed by atoms with Crippen molar-refractivity contribution >= 4 is 30.0 Å². The molecule has 0 saturated carbocycles. The Morgan fingerprint density at radius 2 is 2.10 bits per heavy atom. The zero-order valence-electron chi connectivity index (χ0n) is 10.8. The lowest BCUT2D eigenvalue weighted by Crippen LogP contribution is -1.95. The zero-order valence-corrected chi connectivity index (χ0v) is 12.3. The molecule has 2 aromatic heterocycles. The third kappa shape index (κ3) is 2.91. The molecule has 0 bridgehead atoms. The third-order valence-corrected chi connectivity index (χ3v) is 3.37. The largest absolute Gasteiger partial charge is 0.264 e. The van der Waals surface area contributed by atoms with E-state index in [-0.39, 0.29) is 0 Å². The van der Waals surface area contributed by atoms with Crippen molar-refractivity contribution in [2.75, 3.05) is 0 Å². The minimum atomic E-state index is 0.394. The van der Waals surface area contributed by atoms with Crippen LogP contribution in [-0.4, -0.2) is 26.1 Å². The summed E-state index contributed by atoms with van der Waals surface area (Å²) < 4.78 is 1.92. The Morgan fingerprint density at radius 1 is 1.24 bits per heavy atom. The predicted octanol–water partition coefficient (Wildman–Crippen LogP) is 3.54. The standard InChI is InChI=1S/C14H10ClN5S/c15-12-6-2-1-5-11(12)13-18-19-14(21)20(13)17-9-10-4-3-7-16-8-10/h1-9H,(H,19,21)/b17-9+. The summed E-state index contributed by atoms with van der Waals surface area (Å²) in [4.78, 5) is 4.03. The smallest absolute Gasteiger partial charge is 0.216 e. The maximum atomic E-state index is 6.19. The normalized spacial score (nSPS) is 11.1. The molecule has 0 aliphatic rings. The average molecular weight is 316 g/mol. The summed E-state index contributed by atoms with van der Waals surface area (Å²) in [7, 11) is 0. The van der Waals surface area contributed by atoms with Gasteiger partial charge in [-0.2, -0.15) is 14.9 Å². The highest BCUT2D eigenvalue weighted by atomic mass is 35.5. The van der Waals surface area contributed by atoms with Crippen LogP contribution in [0, 0.1) is 4.77 Å². The first-order valence-electron chi connectivity index (χ1n) is 6.12. The molecule has 0 atom stereocenters. The first kappa shape index (κ1) is 13.7. The SMILES string of the molecule is S=c1[nH]nc(-c2ccccc2Cl)n1/N=C/c1cccnc1. The Bertz CT molecular complexity index is 838. The van der Waals surface area contributed by atoms with Gasteiger partial charge in [-0.15, -0.1) is 0 Å². The van der Waals surface area contributed by atoms with E-state index in [0.717, 1.165) is 11.1 Å². The van der Waals surface area contributed by atoms with Crippen LogP contribution in [0.5, 0.6) is 0 Å². The number of nitrogens with one attached hydrogen (secondary N) is 1. The highest BCUT2D eigenvalue weighted by Gasteiger charge is 2.10. The van der Waals surface area contributed by atoms with E-state index in [4.69, 9.17) is 23.8 Å². The van der Waals surface area contributed by atoms with E-state index in [2.05, 4.69) is 20.3 Å². The molecular formula is C14H10ClN5S. The lowest BCUT2D eigenvalue weighted by molar-refractivity contribution is 0.871. The molecule has 0 spiro atoms. The number of pyridine rings is 1. The summed E-state index contributed by atoms with van der Waals surface area (Å²) in [5.74, 6) is 0.561. The Kier molecular flexibility index (Phi) is 3.89. The van der Waals surface area contributed by atoms with Crippen LogP contribution in [0.1, 0.15) is 5.56 Å². The van der Waals surface area contributed by atoms with Crippen molar-refractivity contribution in [2.45, 2.75) is 0 Å². The van der Waals surface area contributed by atoms with Gasteiger partial charge in [-0.25, -0.2) is 5.10 Å². The molecule has 7 heteroatoms. The van der Waals surface area contributed by atoms with Crippen molar-refractivity contribution in [1.82, 2.24) is 19.9 Å². The van der Waals surface area contributed by atoms with Gasteiger partial charge in [0.1, 0.15) is 0 Å². The maximum Gasteiger partial charge on any atom is 0.216 e. The van der Waals surface area contributed by atoms with E-state index in [1.807, 2.05) is 30.3 Å². The molecule has 0 aliphatic carbocycles. The van der Waals surface area contributed by atoms with Gasteiger partial charge in [0, 0.05) is 23.5 Å². The molecule has 0 saturated heterocycles. The molecule has 21 heavy (non-hydrogen) atoms. The molecule has 2 heterocycles. The van der Waals surface area contributed by atoms with Gasteiger partial charge in [0.05, 0.1) is 11.2 Å². The number of hydrogen-bond acceptors (Lipinski definition) is 4. The number of hydrogen-bond donors (Lipinski definition) is 1. The van der Waals surface area contributed by atoms with Crippen LogP contribution in [-0.2, 0) is 0 Å². The number of nitrogens with zero attached hydrogens (tertiary/aromatic N) is 4. The van der Waals surface area contributed by atoms with E-state index in [0.29, 0.717) is 15.6 Å². The minimum Gasteiger partial charge on any atom is -0.264 e. The molecule has 5 nitrogen and oxygen atoms in total. The second-order valence-electron chi connectivity index (χ2n) is 4.17. The summed E-state index contributed by atoms with van der Waals surface area (Å²) in [6.07, 6.45) is 5.08. The number of halogens is 1. The molecule has 104 valence electrons. The van der Waals surface area contributed by atoms with E-state index in [1.165, 1.54) is 4.68 Å². The van der Waals surface area contributed by atoms with Crippen molar-refractivity contribution < 1.29 is 0 Å². The van der Waals surface area contributed by atoms with Gasteiger partial charge in [0.2, 0.25) is 4.77 Å². The number of benzene rings is 1. The minimum absolute atomic E-state index is 0.394. The van der Waals surface area contributed by atoms with Crippen molar-refractivity contribution in [3.8, 4) is 11.4 Å². The Hall–Kier alpha value is -2.31. The second kappa shape index (κ2) is 5.99. The first-order valence-corrected chi connectivity index (χ1v) is 6.91. The highest BCUT2D eigenvalue weighted by molar-refractivity contribution is 7.71. The van der Waals surface area contributed by atoms with Gasteiger partial charge in [0.25, 0.3) is 0 Å². The van der Waals surface area contributed by atoms with Gasteiger partial charge in [-0.05, 0) is 30.4 Å². The molecule has 1 N–H and O–H groups in total. The van der Waals surface area contributed by atoms with E-state index < -0.39 is 0 Å². The molecule has 0 aliphatic heterocycles. The van der Waals surface area contributed by atoms with Crippen LogP contribution in [0.3, 0.4) is 0 Å². The summed E-state index contributed by atoms with van der Waals surface area (Å²) in [5.41, 5.74) is 1.63. The van der Waals surface area contributed by atoms with Crippen LogP contribution in [0.2, 0.25) is 5.02 Å². The second-order valence-corrected chi connectivity index (χ2v) is 4.97. The third-order valence-electron chi connectivity index (χ3n) is 2.77. The monoisotopic (exact) mass is 315 g/mol. The van der Waals surface area contributed by atoms with Crippen molar-refractivity contribution in [2.24, 2.45) is 5.10 Å². The highest BCUT2D eigenvalue weighted by Crippen LogP contribution is 2.25. The molecule has 0 unspecified atom stereocenters. The summed E-state index contributed by atoms with van der Waals surface area (Å²) >= 11 is 11.4. The average Bonchev–Trinajstić information content (AvgIpc) is 2.88. The Labute approximate surface area is 130 Å². The quantitative estimate of drug-likeness (QED) is 0.594. The van der Waals surface area contributed by atoms with Crippen LogP contribution >= 0.6 is 23.8 Å². The number of rotatable bonds is 3. The fraction of sp³-hybridized carbons (Fsp3) is 0. The van der Waals surface area contributed by atoms with Crippen molar-refractivity contribution in [1.29, 1.82) is 0 Å². The maximum absolute atomic E-state index is 6.19. The molecule has 1 aromatic carbocycles. The summed E-state index contributed by atoms with van der Waals surface area (Å²) in [6, 6.07) is 11.1. The molecule has 3 rings (SSSR count). The van der Waals surface area contributed by atoms with Crippen LogP contribution < -0.4 is 0 Å². The molecule has 0 fully saturated rings. The lowest BCUT2D eigenvalue weighted by atomic mass is 10.2. The predicted molar refractivity (Wildman–Crippen MR) is 85.1 cm³/mol.